The fourth-order valence-electron chi connectivity index (χ4n) is 4.25. The van der Waals surface area contributed by atoms with Crippen molar-refractivity contribution in [1.82, 2.24) is 19.8 Å². The van der Waals surface area contributed by atoms with Crippen LogP contribution in [0.4, 0.5) is 5.69 Å². The lowest BCUT2D eigenvalue weighted by atomic mass is 10.0. The van der Waals surface area contributed by atoms with Gasteiger partial charge in [0.15, 0.2) is 5.11 Å². The van der Waals surface area contributed by atoms with Crippen molar-refractivity contribution in [3.05, 3.63) is 113 Å². The molecule has 170 valence electrons. The van der Waals surface area contributed by atoms with Crippen LogP contribution < -0.4 is 10.6 Å². The Bertz CT molecular complexity index is 1290. The molecular weight excluding hydrogens is 510 g/mol. The van der Waals surface area contributed by atoms with Crippen LogP contribution in [0.25, 0.3) is 5.69 Å². The summed E-state index contributed by atoms with van der Waals surface area (Å²) in [5.74, 6) is -0.135. The van der Waals surface area contributed by atoms with Crippen LogP contribution in [0.15, 0.2) is 102 Å². The topological polar surface area (TPSA) is 62.2 Å². The van der Waals surface area contributed by atoms with Crippen LogP contribution in [0.1, 0.15) is 23.5 Å². The number of pyridine rings is 1. The van der Waals surface area contributed by atoms with Gasteiger partial charge in [0.1, 0.15) is 6.54 Å². The maximum atomic E-state index is 13.0. The van der Waals surface area contributed by atoms with Crippen molar-refractivity contribution in [2.24, 2.45) is 0 Å². The number of nitrogens with zero attached hydrogens (tertiary/aromatic N) is 3. The Morgan fingerprint density at radius 3 is 2.50 bits per heavy atom. The molecule has 8 heteroatoms. The van der Waals surface area contributed by atoms with Crippen molar-refractivity contribution in [3.8, 4) is 5.69 Å². The van der Waals surface area contributed by atoms with Gasteiger partial charge in [-0.3, -0.25) is 9.78 Å². The number of carbonyl (C=O) groups excluding carboxylic acids is 1. The number of carbonyl (C=O) groups is 1. The molecule has 0 unspecified atom stereocenters. The highest BCUT2D eigenvalue weighted by atomic mass is 79.9. The maximum Gasteiger partial charge on any atom is 0.244 e. The van der Waals surface area contributed by atoms with Gasteiger partial charge in [-0.15, -0.1) is 0 Å². The van der Waals surface area contributed by atoms with E-state index in [0.29, 0.717) is 5.11 Å². The average molecular weight is 532 g/mol. The third-order valence-corrected chi connectivity index (χ3v) is 6.64. The molecule has 2 atom stereocenters. The zero-order chi connectivity index (χ0) is 23.5. The average Bonchev–Trinajstić information content (AvgIpc) is 3.45. The van der Waals surface area contributed by atoms with Crippen LogP contribution in [0.5, 0.6) is 0 Å². The Hall–Kier alpha value is -3.49. The number of anilines is 1. The van der Waals surface area contributed by atoms with Crippen LogP contribution in [0.2, 0.25) is 0 Å². The molecule has 2 N–H and O–H groups in total. The van der Waals surface area contributed by atoms with E-state index in [1.54, 1.807) is 6.20 Å². The molecule has 4 aromatic rings. The number of thiocarbonyl (C=S) groups is 1. The quantitative estimate of drug-likeness (QED) is 0.333. The second-order valence-corrected chi connectivity index (χ2v) is 9.25. The third kappa shape index (κ3) is 4.60. The number of halogens is 1. The van der Waals surface area contributed by atoms with E-state index in [0.717, 1.165) is 27.2 Å². The molecule has 0 saturated carbocycles. The van der Waals surface area contributed by atoms with E-state index in [4.69, 9.17) is 12.2 Å². The number of aromatic nitrogens is 2. The van der Waals surface area contributed by atoms with Gasteiger partial charge in [0, 0.05) is 33.9 Å². The third-order valence-electron chi connectivity index (χ3n) is 5.76. The molecule has 0 radical (unpaired) electrons. The molecule has 1 amide bonds. The van der Waals surface area contributed by atoms with E-state index in [1.807, 2.05) is 77.8 Å². The molecule has 1 fully saturated rings. The molecular formula is C26H22BrN5OS. The number of amides is 1. The fourth-order valence-corrected chi connectivity index (χ4v) is 4.82. The van der Waals surface area contributed by atoms with E-state index in [1.165, 1.54) is 0 Å². The lowest BCUT2D eigenvalue weighted by molar-refractivity contribution is -0.116. The highest BCUT2D eigenvalue weighted by Gasteiger charge is 2.42. The van der Waals surface area contributed by atoms with Crippen LogP contribution >= 0.6 is 28.1 Å². The van der Waals surface area contributed by atoms with Crippen LogP contribution in [0, 0.1) is 0 Å². The standard InChI is InChI=1S/C26H22BrN5OS/c27-18-11-13-20(14-12-18)31-16-6-10-22(31)25-24(21-9-4-5-15-28-21)30-26(34)32(25)17-23(33)29-19-7-2-1-3-8-19/h1-16,24-25H,17H2,(H,29,33)(H,30,34)/t24-,25+/m0/s1. The number of para-hydroxylation sites is 1. The van der Waals surface area contributed by atoms with Gasteiger partial charge in [-0.1, -0.05) is 40.2 Å². The van der Waals surface area contributed by atoms with Crippen molar-refractivity contribution in [2.75, 3.05) is 11.9 Å². The lowest BCUT2D eigenvalue weighted by Crippen LogP contribution is -2.37. The lowest BCUT2D eigenvalue weighted by Gasteiger charge is -2.28. The first-order chi connectivity index (χ1) is 16.6. The first kappa shape index (κ1) is 22.3. The van der Waals surface area contributed by atoms with E-state index in [9.17, 15) is 4.79 Å². The normalized spacial score (nSPS) is 17.4. The molecule has 5 rings (SSSR count). The van der Waals surface area contributed by atoms with Crippen LogP contribution in [0.3, 0.4) is 0 Å². The van der Waals surface area contributed by atoms with E-state index < -0.39 is 0 Å². The molecule has 1 aliphatic rings. The first-order valence-electron chi connectivity index (χ1n) is 10.9. The molecule has 0 aliphatic carbocycles. The summed E-state index contributed by atoms with van der Waals surface area (Å²) in [7, 11) is 0. The summed E-state index contributed by atoms with van der Waals surface area (Å²) in [6.07, 6.45) is 3.80. The number of benzene rings is 2. The van der Waals surface area contributed by atoms with Crippen molar-refractivity contribution < 1.29 is 4.79 Å². The Labute approximate surface area is 211 Å². The van der Waals surface area contributed by atoms with Gasteiger partial charge in [-0.25, -0.2) is 0 Å². The second-order valence-electron chi connectivity index (χ2n) is 7.95. The molecule has 2 aromatic carbocycles. The van der Waals surface area contributed by atoms with Gasteiger partial charge in [0.25, 0.3) is 0 Å². The van der Waals surface area contributed by atoms with Crippen molar-refractivity contribution in [2.45, 2.75) is 12.1 Å². The largest absolute Gasteiger partial charge is 0.352 e. The summed E-state index contributed by atoms with van der Waals surface area (Å²) in [6, 6.07) is 27.0. The predicted octanol–water partition coefficient (Wildman–Crippen LogP) is 5.25. The first-order valence-corrected chi connectivity index (χ1v) is 12.1. The number of hydrogen-bond acceptors (Lipinski definition) is 3. The smallest absolute Gasteiger partial charge is 0.244 e. The molecule has 0 spiro atoms. The Balaban J connectivity index is 1.51. The van der Waals surface area contributed by atoms with E-state index in [2.05, 4.69) is 54.3 Å². The zero-order valence-electron chi connectivity index (χ0n) is 18.1. The van der Waals surface area contributed by atoms with E-state index >= 15 is 0 Å². The Morgan fingerprint density at radius 1 is 1.00 bits per heavy atom. The van der Waals surface area contributed by atoms with Gasteiger partial charge in [-0.2, -0.15) is 0 Å². The Morgan fingerprint density at radius 2 is 1.76 bits per heavy atom. The SMILES string of the molecule is O=C(CN1C(=S)N[C@@H](c2ccccn2)[C@H]1c1cccn1-c1ccc(Br)cc1)Nc1ccccc1. The molecule has 6 nitrogen and oxygen atoms in total. The van der Waals surface area contributed by atoms with Gasteiger partial charge < -0.3 is 20.1 Å². The van der Waals surface area contributed by atoms with Crippen molar-refractivity contribution in [1.29, 1.82) is 0 Å². The minimum atomic E-state index is -0.234. The molecule has 3 heterocycles. The van der Waals surface area contributed by atoms with Gasteiger partial charge in [0.2, 0.25) is 5.91 Å². The van der Waals surface area contributed by atoms with Crippen molar-refractivity contribution in [3.63, 3.8) is 0 Å². The van der Waals surface area contributed by atoms with Crippen LogP contribution in [-0.2, 0) is 4.79 Å². The predicted molar refractivity (Wildman–Crippen MR) is 141 cm³/mol. The Kier molecular flexibility index (Phi) is 6.42. The van der Waals surface area contributed by atoms with E-state index in [-0.39, 0.29) is 24.5 Å². The summed E-state index contributed by atoms with van der Waals surface area (Å²) < 4.78 is 3.14. The van der Waals surface area contributed by atoms with Gasteiger partial charge in [0.05, 0.1) is 17.8 Å². The monoisotopic (exact) mass is 531 g/mol. The molecule has 1 aliphatic heterocycles. The van der Waals surface area contributed by atoms with Gasteiger partial charge >= 0.3 is 0 Å². The highest BCUT2D eigenvalue weighted by molar-refractivity contribution is 9.10. The van der Waals surface area contributed by atoms with Gasteiger partial charge in [-0.05, 0) is 72.9 Å². The fraction of sp³-hybridized carbons (Fsp3) is 0.115. The minimum absolute atomic E-state index is 0.111. The summed E-state index contributed by atoms with van der Waals surface area (Å²) in [5.41, 5.74) is 3.65. The highest BCUT2D eigenvalue weighted by Crippen LogP contribution is 2.39. The number of rotatable bonds is 6. The summed E-state index contributed by atoms with van der Waals surface area (Å²) in [4.78, 5) is 19.5. The summed E-state index contributed by atoms with van der Waals surface area (Å²) in [5, 5.41) is 6.90. The summed E-state index contributed by atoms with van der Waals surface area (Å²) >= 11 is 9.23. The molecule has 1 saturated heterocycles. The van der Waals surface area contributed by atoms with Crippen LogP contribution in [-0.4, -0.2) is 32.0 Å². The number of hydrogen-bond donors (Lipinski definition) is 2. The molecule has 0 bridgehead atoms. The summed E-state index contributed by atoms with van der Waals surface area (Å²) in [6.45, 7) is 0.111. The van der Waals surface area contributed by atoms with Crippen molar-refractivity contribution >= 4 is 44.9 Å². The molecule has 2 aromatic heterocycles. The minimum Gasteiger partial charge on any atom is -0.352 e. The molecule has 34 heavy (non-hydrogen) atoms. The second kappa shape index (κ2) is 9.79. The number of nitrogens with one attached hydrogen (secondary N) is 2. The zero-order valence-corrected chi connectivity index (χ0v) is 20.5. The maximum absolute atomic E-state index is 13.0.